The fourth-order valence-electron chi connectivity index (χ4n) is 2.40. The topological polar surface area (TPSA) is 41.4 Å². The Labute approximate surface area is 125 Å². The summed E-state index contributed by atoms with van der Waals surface area (Å²) in [5.41, 5.74) is 2.09. The van der Waals surface area contributed by atoms with Gasteiger partial charge in [0.25, 0.3) is 0 Å². The van der Waals surface area contributed by atoms with Gasteiger partial charge in [-0.1, -0.05) is 30.3 Å². The number of carbonyl (C=O) groups excluding carboxylic acids is 1. The minimum atomic E-state index is -0.290. The Morgan fingerprint density at radius 3 is 2.43 bits per heavy atom. The predicted molar refractivity (Wildman–Crippen MR) is 82.6 cm³/mol. The van der Waals surface area contributed by atoms with E-state index in [9.17, 15) is 4.79 Å². The molecule has 1 heterocycles. The van der Waals surface area contributed by atoms with E-state index in [4.69, 9.17) is 0 Å². The number of aryl methyl sites for hydroxylation is 1. The van der Waals surface area contributed by atoms with Crippen LogP contribution in [0, 0.1) is 0 Å². The van der Waals surface area contributed by atoms with E-state index in [0.29, 0.717) is 6.54 Å². The van der Waals surface area contributed by atoms with Crippen molar-refractivity contribution in [2.45, 2.75) is 12.6 Å². The Hall–Kier alpha value is -2.14. The minimum Gasteiger partial charge on any atom is -0.347 e. The number of nitrogens with zero attached hydrogens (tertiary/aromatic N) is 4. The van der Waals surface area contributed by atoms with Crippen molar-refractivity contribution in [1.82, 2.24) is 19.6 Å². The highest BCUT2D eigenvalue weighted by Crippen LogP contribution is 2.22. The molecule has 112 valence electrons. The van der Waals surface area contributed by atoms with Gasteiger partial charge in [0, 0.05) is 39.4 Å². The molecule has 2 aromatic rings. The van der Waals surface area contributed by atoms with E-state index in [2.05, 4.69) is 10.00 Å². The van der Waals surface area contributed by atoms with Crippen molar-refractivity contribution in [2.75, 3.05) is 21.1 Å². The number of rotatable bonds is 5. The van der Waals surface area contributed by atoms with Crippen molar-refractivity contribution in [1.29, 1.82) is 0 Å². The Balaban J connectivity index is 2.24. The molecule has 0 spiro atoms. The molecular formula is C16H22N4O. The first kappa shape index (κ1) is 15.3. The summed E-state index contributed by atoms with van der Waals surface area (Å²) >= 11 is 0. The summed E-state index contributed by atoms with van der Waals surface area (Å²) in [6.45, 7) is 0.674. The molecule has 1 aromatic heterocycles. The van der Waals surface area contributed by atoms with E-state index < -0.39 is 0 Å². The molecule has 1 atom stereocenters. The first-order valence-corrected chi connectivity index (χ1v) is 6.93. The zero-order valence-corrected chi connectivity index (χ0v) is 13.0. The van der Waals surface area contributed by atoms with Crippen LogP contribution in [-0.4, -0.2) is 46.6 Å². The third-order valence-electron chi connectivity index (χ3n) is 3.42. The highest BCUT2D eigenvalue weighted by Gasteiger charge is 2.26. The van der Waals surface area contributed by atoms with Crippen LogP contribution < -0.4 is 0 Å². The highest BCUT2D eigenvalue weighted by molar-refractivity contribution is 5.82. The van der Waals surface area contributed by atoms with Gasteiger partial charge >= 0.3 is 0 Å². The number of hydrogen-bond acceptors (Lipinski definition) is 3. The van der Waals surface area contributed by atoms with E-state index >= 15 is 0 Å². The first-order valence-electron chi connectivity index (χ1n) is 6.93. The molecule has 0 N–H and O–H groups in total. The SMILES string of the molecule is CN(C)C(=O)C(c1ccccc1)N(C)Cc1cnn(C)c1. The molecule has 0 aliphatic carbocycles. The fourth-order valence-corrected chi connectivity index (χ4v) is 2.40. The lowest BCUT2D eigenvalue weighted by atomic mass is 10.0. The molecule has 1 aromatic carbocycles. The Morgan fingerprint density at radius 2 is 1.90 bits per heavy atom. The standard InChI is InChI=1S/C16H22N4O/c1-18(2)16(21)15(14-8-6-5-7-9-14)19(3)11-13-10-17-20(4)12-13/h5-10,12,15H,11H2,1-4H3. The summed E-state index contributed by atoms with van der Waals surface area (Å²) in [5, 5.41) is 4.18. The van der Waals surface area contributed by atoms with Gasteiger partial charge in [-0.2, -0.15) is 5.10 Å². The van der Waals surface area contributed by atoms with E-state index in [0.717, 1.165) is 11.1 Å². The summed E-state index contributed by atoms with van der Waals surface area (Å²) in [5.74, 6) is 0.0765. The number of likely N-dealkylation sites (N-methyl/N-ethyl adjacent to an activating group) is 2. The van der Waals surface area contributed by atoms with Gasteiger partial charge in [0.2, 0.25) is 5.91 Å². The second-order valence-corrected chi connectivity index (χ2v) is 5.48. The van der Waals surface area contributed by atoms with E-state index in [1.54, 1.807) is 23.7 Å². The molecule has 0 saturated carbocycles. The van der Waals surface area contributed by atoms with Crippen molar-refractivity contribution in [3.8, 4) is 0 Å². The van der Waals surface area contributed by atoms with Crippen molar-refractivity contribution in [2.24, 2.45) is 7.05 Å². The van der Waals surface area contributed by atoms with E-state index in [1.807, 2.05) is 56.8 Å². The third-order valence-corrected chi connectivity index (χ3v) is 3.42. The summed E-state index contributed by atoms with van der Waals surface area (Å²) in [7, 11) is 7.43. The number of amides is 1. The largest absolute Gasteiger partial charge is 0.347 e. The second-order valence-electron chi connectivity index (χ2n) is 5.48. The van der Waals surface area contributed by atoms with Crippen LogP contribution >= 0.6 is 0 Å². The maximum Gasteiger partial charge on any atom is 0.244 e. The molecule has 5 heteroatoms. The Morgan fingerprint density at radius 1 is 1.24 bits per heavy atom. The van der Waals surface area contributed by atoms with Crippen LogP contribution in [0.4, 0.5) is 0 Å². The molecule has 0 radical (unpaired) electrons. The average Bonchev–Trinajstić information content (AvgIpc) is 2.85. The van der Waals surface area contributed by atoms with Crippen LogP contribution in [0.1, 0.15) is 17.2 Å². The third kappa shape index (κ3) is 3.70. The average molecular weight is 286 g/mol. The van der Waals surface area contributed by atoms with Gasteiger partial charge in [0.15, 0.2) is 0 Å². The van der Waals surface area contributed by atoms with Crippen LogP contribution in [0.15, 0.2) is 42.7 Å². The quantitative estimate of drug-likeness (QED) is 0.840. The predicted octanol–water partition coefficient (Wildman–Crippen LogP) is 1.68. The van der Waals surface area contributed by atoms with Crippen LogP contribution in [0.2, 0.25) is 0 Å². The van der Waals surface area contributed by atoms with Crippen LogP contribution in [0.3, 0.4) is 0 Å². The van der Waals surface area contributed by atoms with Crippen molar-refractivity contribution in [3.63, 3.8) is 0 Å². The Bertz CT molecular complexity index is 591. The summed E-state index contributed by atoms with van der Waals surface area (Å²) < 4.78 is 1.77. The molecule has 0 bridgehead atoms. The maximum atomic E-state index is 12.5. The lowest BCUT2D eigenvalue weighted by Crippen LogP contribution is -2.37. The molecule has 0 aliphatic rings. The second kappa shape index (κ2) is 6.54. The van der Waals surface area contributed by atoms with Gasteiger partial charge in [0.1, 0.15) is 6.04 Å². The smallest absolute Gasteiger partial charge is 0.244 e. The zero-order valence-electron chi connectivity index (χ0n) is 13.0. The zero-order chi connectivity index (χ0) is 15.4. The van der Waals surface area contributed by atoms with Crippen molar-refractivity contribution in [3.05, 3.63) is 53.9 Å². The van der Waals surface area contributed by atoms with Gasteiger partial charge in [0.05, 0.1) is 6.20 Å². The maximum absolute atomic E-state index is 12.5. The van der Waals surface area contributed by atoms with Gasteiger partial charge in [-0.05, 0) is 12.6 Å². The summed E-state index contributed by atoms with van der Waals surface area (Å²) in [6, 6.07) is 9.58. The van der Waals surface area contributed by atoms with Gasteiger partial charge in [-0.15, -0.1) is 0 Å². The number of hydrogen-bond donors (Lipinski definition) is 0. The molecule has 21 heavy (non-hydrogen) atoms. The molecular weight excluding hydrogens is 264 g/mol. The monoisotopic (exact) mass is 286 g/mol. The van der Waals surface area contributed by atoms with Gasteiger partial charge in [-0.25, -0.2) is 0 Å². The fraction of sp³-hybridized carbons (Fsp3) is 0.375. The minimum absolute atomic E-state index is 0.0765. The van der Waals surface area contributed by atoms with Crippen LogP contribution in [0.25, 0.3) is 0 Å². The molecule has 0 saturated heterocycles. The first-order chi connectivity index (χ1) is 9.99. The summed E-state index contributed by atoms with van der Waals surface area (Å²) in [6.07, 6.45) is 3.80. The molecule has 0 fully saturated rings. The highest BCUT2D eigenvalue weighted by atomic mass is 16.2. The molecule has 2 rings (SSSR count). The van der Waals surface area contributed by atoms with Crippen LogP contribution in [0.5, 0.6) is 0 Å². The van der Waals surface area contributed by atoms with E-state index in [1.165, 1.54) is 0 Å². The normalized spacial score (nSPS) is 12.4. The van der Waals surface area contributed by atoms with Crippen molar-refractivity contribution >= 4 is 5.91 Å². The lowest BCUT2D eigenvalue weighted by molar-refractivity contribution is -0.134. The lowest BCUT2D eigenvalue weighted by Gasteiger charge is -2.29. The van der Waals surface area contributed by atoms with Gasteiger partial charge in [-0.3, -0.25) is 14.4 Å². The summed E-state index contributed by atoms with van der Waals surface area (Å²) in [4.78, 5) is 16.2. The number of benzene rings is 1. The van der Waals surface area contributed by atoms with Crippen molar-refractivity contribution < 1.29 is 4.79 Å². The van der Waals surface area contributed by atoms with Gasteiger partial charge < -0.3 is 4.90 Å². The molecule has 5 nitrogen and oxygen atoms in total. The molecule has 1 unspecified atom stereocenters. The van der Waals surface area contributed by atoms with E-state index in [-0.39, 0.29) is 11.9 Å². The number of carbonyl (C=O) groups is 1. The number of aromatic nitrogens is 2. The molecule has 1 amide bonds. The molecule has 0 aliphatic heterocycles. The Kier molecular flexibility index (Phi) is 4.75. The van der Waals surface area contributed by atoms with Crippen LogP contribution in [-0.2, 0) is 18.4 Å².